The fraction of sp³-hybridized carbons (Fsp3) is 0.600. The summed E-state index contributed by atoms with van der Waals surface area (Å²) in [6.45, 7) is 2.17. The fourth-order valence-electron chi connectivity index (χ4n) is 3.20. The van der Waals surface area contributed by atoms with Gasteiger partial charge in [0.2, 0.25) is 0 Å². The summed E-state index contributed by atoms with van der Waals surface area (Å²) >= 11 is 0. The minimum absolute atomic E-state index is 0.0313. The molecule has 19 heavy (non-hydrogen) atoms. The summed E-state index contributed by atoms with van der Waals surface area (Å²) in [5.74, 6) is 0.618. The summed E-state index contributed by atoms with van der Waals surface area (Å²) in [5.41, 5.74) is 6.95. The van der Waals surface area contributed by atoms with Gasteiger partial charge in [0.05, 0.1) is 6.61 Å². The van der Waals surface area contributed by atoms with Crippen LogP contribution in [0.15, 0.2) is 18.2 Å². The van der Waals surface area contributed by atoms with E-state index in [0.717, 1.165) is 43.6 Å². The Hall–Kier alpha value is -1.13. The molecule has 0 bridgehead atoms. The molecule has 3 rings (SSSR count). The number of nitrogens with two attached hydrogens (primary N) is 1. The maximum absolute atomic E-state index is 13.2. The third-order valence-electron chi connectivity index (χ3n) is 4.26. The van der Waals surface area contributed by atoms with Crippen LogP contribution in [0.4, 0.5) is 4.39 Å². The smallest absolute Gasteiger partial charge is 0.123 e. The molecule has 0 aliphatic carbocycles. The van der Waals surface area contributed by atoms with Crippen LogP contribution in [0.3, 0.4) is 0 Å². The zero-order chi connectivity index (χ0) is 13.3. The third-order valence-corrected chi connectivity index (χ3v) is 4.26. The normalized spacial score (nSPS) is 29.9. The van der Waals surface area contributed by atoms with Crippen LogP contribution in [0, 0.1) is 11.2 Å². The average molecular weight is 265 g/mol. The van der Waals surface area contributed by atoms with Gasteiger partial charge >= 0.3 is 0 Å². The molecule has 4 heteroatoms. The van der Waals surface area contributed by atoms with Crippen molar-refractivity contribution in [1.29, 1.82) is 0 Å². The first-order valence-electron chi connectivity index (χ1n) is 6.94. The number of hydrogen-bond acceptors (Lipinski definition) is 3. The molecule has 3 nitrogen and oxygen atoms in total. The highest BCUT2D eigenvalue weighted by Gasteiger charge is 2.37. The molecule has 1 aromatic rings. The van der Waals surface area contributed by atoms with E-state index in [1.807, 2.05) is 0 Å². The standard InChI is InChI=1S/C15H20FNO2/c16-12-2-3-14-11(6-12)7-13(19-14)8-15(9-17)4-1-5-18-10-15/h2-3,6,13H,1,4-5,7-10,17H2. The second kappa shape index (κ2) is 5.10. The van der Waals surface area contributed by atoms with Crippen molar-refractivity contribution in [3.05, 3.63) is 29.6 Å². The van der Waals surface area contributed by atoms with Crippen LogP contribution in [0.25, 0.3) is 0 Å². The molecule has 2 aliphatic rings. The van der Waals surface area contributed by atoms with Crippen molar-refractivity contribution < 1.29 is 13.9 Å². The Morgan fingerprint density at radius 3 is 3.05 bits per heavy atom. The lowest BCUT2D eigenvalue weighted by Gasteiger charge is -2.37. The van der Waals surface area contributed by atoms with Gasteiger partial charge in [-0.05, 0) is 37.5 Å². The van der Waals surface area contributed by atoms with Crippen molar-refractivity contribution in [3.63, 3.8) is 0 Å². The SMILES string of the molecule is NCC1(CC2Cc3cc(F)ccc3O2)CCCOC1. The Balaban J connectivity index is 1.69. The lowest BCUT2D eigenvalue weighted by molar-refractivity contribution is -0.0235. The zero-order valence-corrected chi connectivity index (χ0v) is 11.0. The summed E-state index contributed by atoms with van der Waals surface area (Å²) < 4.78 is 24.7. The molecule has 104 valence electrons. The van der Waals surface area contributed by atoms with Gasteiger partial charge in [-0.2, -0.15) is 0 Å². The lowest BCUT2D eigenvalue weighted by atomic mass is 9.77. The monoisotopic (exact) mass is 265 g/mol. The van der Waals surface area contributed by atoms with Crippen molar-refractivity contribution in [3.8, 4) is 5.75 Å². The van der Waals surface area contributed by atoms with Gasteiger partial charge in [-0.1, -0.05) is 0 Å². The molecule has 0 saturated carbocycles. The maximum atomic E-state index is 13.2. The number of rotatable bonds is 3. The van der Waals surface area contributed by atoms with Gasteiger partial charge in [0.25, 0.3) is 0 Å². The molecule has 1 aromatic carbocycles. The number of hydrogen-bond donors (Lipinski definition) is 1. The molecular formula is C15H20FNO2. The summed E-state index contributed by atoms with van der Waals surface area (Å²) in [6.07, 6.45) is 3.91. The van der Waals surface area contributed by atoms with E-state index in [1.54, 1.807) is 12.1 Å². The van der Waals surface area contributed by atoms with Gasteiger partial charge in [-0.3, -0.25) is 0 Å². The Labute approximate surface area is 112 Å². The van der Waals surface area contributed by atoms with E-state index in [4.69, 9.17) is 15.2 Å². The van der Waals surface area contributed by atoms with Crippen LogP contribution in [-0.4, -0.2) is 25.9 Å². The minimum atomic E-state index is -0.197. The fourth-order valence-corrected chi connectivity index (χ4v) is 3.20. The topological polar surface area (TPSA) is 44.5 Å². The molecule has 0 spiro atoms. The van der Waals surface area contributed by atoms with E-state index >= 15 is 0 Å². The van der Waals surface area contributed by atoms with E-state index in [1.165, 1.54) is 6.07 Å². The first kappa shape index (κ1) is 12.9. The van der Waals surface area contributed by atoms with Crippen LogP contribution in [0.5, 0.6) is 5.75 Å². The van der Waals surface area contributed by atoms with Crippen LogP contribution in [0.1, 0.15) is 24.8 Å². The van der Waals surface area contributed by atoms with Gasteiger partial charge < -0.3 is 15.2 Å². The molecule has 2 heterocycles. The molecule has 1 fully saturated rings. The minimum Gasteiger partial charge on any atom is -0.490 e. The predicted octanol–water partition coefficient (Wildman–Crippen LogP) is 2.27. The van der Waals surface area contributed by atoms with Gasteiger partial charge in [0.15, 0.2) is 0 Å². The quantitative estimate of drug-likeness (QED) is 0.912. The number of benzene rings is 1. The van der Waals surface area contributed by atoms with Crippen molar-refractivity contribution in [2.45, 2.75) is 31.8 Å². The van der Waals surface area contributed by atoms with Crippen LogP contribution in [0.2, 0.25) is 0 Å². The molecular weight excluding hydrogens is 245 g/mol. The molecule has 1 saturated heterocycles. The Morgan fingerprint density at radius 1 is 1.42 bits per heavy atom. The van der Waals surface area contributed by atoms with E-state index in [-0.39, 0.29) is 17.3 Å². The van der Waals surface area contributed by atoms with E-state index in [0.29, 0.717) is 13.2 Å². The van der Waals surface area contributed by atoms with E-state index in [2.05, 4.69) is 0 Å². The first-order chi connectivity index (χ1) is 9.21. The summed E-state index contributed by atoms with van der Waals surface area (Å²) in [6, 6.07) is 4.74. The van der Waals surface area contributed by atoms with Crippen LogP contribution >= 0.6 is 0 Å². The van der Waals surface area contributed by atoms with Gasteiger partial charge in [-0.25, -0.2) is 4.39 Å². The highest BCUT2D eigenvalue weighted by atomic mass is 19.1. The number of halogens is 1. The van der Waals surface area contributed by atoms with Crippen LogP contribution in [-0.2, 0) is 11.2 Å². The van der Waals surface area contributed by atoms with Gasteiger partial charge in [-0.15, -0.1) is 0 Å². The molecule has 2 atom stereocenters. The highest BCUT2D eigenvalue weighted by Crippen LogP contribution is 2.38. The lowest BCUT2D eigenvalue weighted by Crippen LogP contribution is -2.42. The molecule has 0 amide bonds. The second-order valence-corrected chi connectivity index (χ2v) is 5.76. The summed E-state index contributed by atoms with van der Waals surface area (Å²) in [7, 11) is 0. The predicted molar refractivity (Wildman–Crippen MR) is 70.7 cm³/mol. The highest BCUT2D eigenvalue weighted by molar-refractivity contribution is 5.37. The van der Waals surface area contributed by atoms with E-state index < -0.39 is 0 Å². The summed E-state index contributed by atoms with van der Waals surface area (Å²) in [4.78, 5) is 0. The number of ether oxygens (including phenoxy) is 2. The Kier molecular flexibility index (Phi) is 3.46. The zero-order valence-electron chi connectivity index (χ0n) is 11.0. The molecule has 0 radical (unpaired) electrons. The Bertz CT molecular complexity index is 457. The first-order valence-corrected chi connectivity index (χ1v) is 6.94. The summed E-state index contributed by atoms with van der Waals surface area (Å²) in [5, 5.41) is 0. The van der Waals surface area contributed by atoms with Gasteiger partial charge in [0, 0.05) is 30.6 Å². The third kappa shape index (κ3) is 2.60. The van der Waals surface area contributed by atoms with Crippen LogP contribution < -0.4 is 10.5 Å². The van der Waals surface area contributed by atoms with Crippen molar-refractivity contribution >= 4 is 0 Å². The average Bonchev–Trinajstić information content (AvgIpc) is 2.81. The molecule has 2 unspecified atom stereocenters. The van der Waals surface area contributed by atoms with Crippen molar-refractivity contribution in [2.75, 3.05) is 19.8 Å². The largest absolute Gasteiger partial charge is 0.490 e. The number of fused-ring (bicyclic) bond motifs is 1. The van der Waals surface area contributed by atoms with Gasteiger partial charge in [0.1, 0.15) is 17.7 Å². The Morgan fingerprint density at radius 2 is 2.32 bits per heavy atom. The maximum Gasteiger partial charge on any atom is 0.123 e. The molecule has 2 aliphatic heterocycles. The molecule has 0 aromatic heterocycles. The van der Waals surface area contributed by atoms with E-state index in [9.17, 15) is 4.39 Å². The van der Waals surface area contributed by atoms with Crippen molar-refractivity contribution in [1.82, 2.24) is 0 Å². The second-order valence-electron chi connectivity index (χ2n) is 5.76. The molecule has 2 N–H and O–H groups in total. The van der Waals surface area contributed by atoms with Crippen molar-refractivity contribution in [2.24, 2.45) is 11.1 Å².